The molecule has 1 aliphatic rings. The van der Waals surface area contributed by atoms with Gasteiger partial charge in [0.15, 0.2) is 11.6 Å². The molecule has 6 heteroatoms. The molecule has 0 aliphatic heterocycles. The van der Waals surface area contributed by atoms with Crippen LogP contribution in [0, 0.1) is 0 Å². The quantitative estimate of drug-likeness (QED) is 0.0922. The standard InChI is InChI=1S/C46H36O2S4/c47-45-41-33(9-13-49)37-21-29-17-25-5-1-2-6-26(25)18-30(29)22-38(37)34(10-14-50)42(41)46(48)44-36(12-16-52)40-24-32-20-28-8-4-3-7-27(28)19-31(32)23-39(40)35(11-15-51)43(44)45/h1-8,17-24,49-52H,9-16H2. The second-order valence-corrected chi connectivity index (χ2v) is 15.6. The van der Waals surface area contributed by atoms with Crippen molar-refractivity contribution in [2.24, 2.45) is 0 Å². The first kappa shape index (κ1) is 33.9. The summed E-state index contributed by atoms with van der Waals surface area (Å²) in [6.07, 6.45) is 2.25. The van der Waals surface area contributed by atoms with Crippen LogP contribution in [0.3, 0.4) is 0 Å². The second kappa shape index (κ2) is 13.5. The number of thiol groups is 4. The molecule has 0 N–H and O–H groups in total. The van der Waals surface area contributed by atoms with Crippen LogP contribution in [0.2, 0.25) is 0 Å². The molecule has 8 aromatic rings. The Bertz CT molecular complexity index is 2460. The van der Waals surface area contributed by atoms with E-state index in [4.69, 9.17) is 50.5 Å². The number of aryl methyl sites for hydroxylation is 4. The zero-order valence-corrected chi connectivity index (χ0v) is 32.1. The number of benzene rings is 8. The van der Waals surface area contributed by atoms with E-state index in [1.54, 1.807) is 0 Å². The highest BCUT2D eigenvalue weighted by atomic mass is 32.1. The number of ketones is 2. The van der Waals surface area contributed by atoms with E-state index in [0.717, 1.165) is 65.3 Å². The molecule has 0 saturated carbocycles. The molecule has 52 heavy (non-hydrogen) atoms. The summed E-state index contributed by atoms with van der Waals surface area (Å²) < 4.78 is 0. The van der Waals surface area contributed by atoms with Crippen molar-refractivity contribution in [3.63, 3.8) is 0 Å². The largest absolute Gasteiger partial charge is 0.289 e. The van der Waals surface area contributed by atoms with E-state index in [1.807, 2.05) is 0 Å². The molecule has 0 aromatic heterocycles. The van der Waals surface area contributed by atoms with Crippen LogP contribution in [0.25, 0.3) is 64.6 Å². The molecule has 0 saturated heterocycles. The normalized spacial score (nSPS) is 12.9. The minimum absolute atomic E-state index is 0.0694. The summed E-state index contributed by atoms with van der Waals surface area (Å²) in [4.78, 5) is 31.0. The number of fused-ring (bicyclic) bond motifs is 8. The Kier molecular flexibility index (Phi) is 8.78. The Labute approximate surface area is 324 Å². The number of carbonyl (C=O) groups excluding carboxylic acids is 2. The molecule has 8 aromatic carbocycles. The van der Waals surface area contributed by atoms with Gasteiger partial charge in [0, 0.05) is 22.3 Å². The van der Waals surface area contributed by atoms with Crippen molar-refractivity contribution in [1.29, 1.82) is 0 Å². The van der Waals surface area contributed by atoms with Crippen LogP contribution in [-0.2, 0) is 25.7 Å². The molecule has 0 amide bonds. The fraction of sp³-hybridized carbons (Fsp3) is 0.174. The predicted octanol–water partition coefficient (Wildman–Crippen LogP) is 11.3. The van der Waals surface area contributed by atoms with Gasteiger partial charge in [0.2, 0.25) is 0 Å². The van der Waals surface area contributed by atoms with Gasteiger partial charge in [0.25, 0.3) is 0 Å². The monoisotopic (exact) mass is 748 g/mol. The van der Waals surface area contributed by atoms with E-state index in [9.17, 15) is 0 Å². The zero-order valence-electron chi connectivity index (χ0n) is 28.5. The summed E-state index contributed by atoms with van der Waals surface area (Å²) in [5, 5.41) is 13.2. The maximum absolute atomic E-state index is 15.5. The number of carbonyl (C=O) groups is 2. The predicted molar refractivity (Wildman–Crippen MR) is 235 cm³/mol. The minimum Gasteiger partial charge on any atom is -0.289 e. The Morgan fingerprint density at radius 1 is 0.327 bits per heavy atom. The van der Waals surface area contributed by atoms with Gasteiger partial charge in [-0.3, -0.25) is 9.59 Å². The fourth-order valence-corrected chi connectivity index (χ4v) is 9.76. The summed E-state index contributed by atoms with van der Waals surface area (Å²) >= 11 is 18.8. The maximum Gasteiger partial charge on any atom is 0.195 e. The van der Waals surface area contributed by atoms with Crippen molar-refractivity contribution < 1.29 is 9.59 Å². The lowest BCUT2D eigenvalue weighted by Crippen LogP contribution is -2.28. The lowest BCUT2D eigenvalue weighted by Gasteiger charge is -2.30. The lowest BCUT2D eigenvalue weighted by molar-refractivity contribution is 0.0977. The molecule has 0 unspecified atom stereocenters. The van der Waals surface area contributed by atoms with E-state index in [2.05, 4.69) is 97.1 Å². The van der Waals surface area contributed by atoms with Crippen molar-refractivity contribution in [3.8, 4) is 0 Å². The molecule has 256 valence electrons. The molecular weight excluding hydrogens is 713 g/mol. The molecule has 0 heterocycles. The molecule has 0 bridgehead atoms. The Morgan fingerprint density at radius 3 is 0.769 bits per heavy atom. The van der Waals surface area contributed by atoms with Crippen LogP contribution >= 0.6 is 50.5 Å². The number of hydrogen-bond donors (Lipinski definition) is 4. The van der Waals surface area contributed by atoms with Crippen LogP contribution in [0.15, 0.2) is 97.1 Å². The van der Waals surface area contributed by atoms with E-state index >= 15 is 9.59 Å². The van der Waals surface area contributed by atoms with Gasteiger partial charge >= 0.3 is 0 Å². The summed E-state index contributed by atoms with van der Waals surface area (Å²) in [5.74, 6) is 2.04. The summed E-state index contributed by atoms with van der Waals surface area (Å²) in [6, 6.07) is 34.6. The summed E-state index contributed by atoms with van der Waals surface area (Å²) in [5.41, 5.74) is 5.77. The average Bonchev–Trinajstić information content (AvgIpc) is 3.15. The van der Waals surface area contributed by atoms with Crippen molar-refractivity contribution >= 4 is 127 Å². The molecule has 0 radical (unpaired) electrons. The highest BCUT2D eigenvalue weighted by molar-refractivity contribution is 7.80. The third kappa shape index (κ3) is 5.20. The second-order valence-electron chi connectivity index (χ2n) is 13.9. The van der Waals surface area contributed by atoms with E-state index < -0.39 is 0 Å². The summed E-state index contributed by atoms with van der Waals surface area (Å²) in [7, 11) is 0. The van der Waals surface area contributed by atoms with Crippen LogP contribution in [0.4, 0.5) is 0 Å². The van der Waals surface area contributed by atoms with Gasteiger partial charge in [-0.25, -0.2) is 0 Å². The topological polar surface area (TPSA) is 34.1 Å². The van der Waals surface area contributed by atoms with E-state index in [1.165, 1.54) is 21.5 Å². The zero-order chi connectivity index (χ0) is 35.7. The van der Waals surface area contributed by atoms with Crippen LogP contribution in [0.5, 0.6) is 0 Å². The third-order valence-electron chi connectivity index (χ3n) is 11.0. The van der Waals surface area contributed by atoms with Gasteiger partial charge in [-0.15, -0.1) is 0 Å². The average molecular weight is 749 g/mol. The van der Waals surface area contributed by atoms with Gasteiger partial charge in [-0.05, 0) is 184 Å². The highest BCUT2D eigenvalue weighted by Gasteiger charge is 2.39. The Balaban J connectivity index is 1.41. The maximum atomic E-state index is 15.5. The van der Waals surface area contributed by atoms with Gasteiger partial charge in [0.05, 0.1) is 0 Å². The molecule has 0 fully saturated rings. The van der Waals surface area contributed by atoms with E-state index in [-0.39, 0.29) is 11.6 Å². The molecule has 9 rings (SSSR count). The smallest absolute Gasteiger partial charge is 0.195 e. The first-order valence-corrected chi connectivity index (χ1v) is 20.4. The van der Waals surface area contributed by atoms with Crippen LogP contribution < -0.4 is 0 Å². The molecular formula is C46H36O2S4. The molecule has 0 atom stereocenters. The van der Waals surface area contributed by atoms with Crippen molar-refractivity contribution in [2.45, 2.75) is 25.7 Å². The highest BCUT2D eigenvalue weighted by Crippen LogP contribution is 2.45. The molecule has 2 nitrogen and oxygen atoms in total. The number of rotatable bonds is 8. The SMILES string of the molecule is O=C1c2c(c(CCS)c3cc4cc5ccccc5cc4cc3c2CCS)C(=O)c2c1c(CCS)c1cc3cc4ccccc4cc3cc1c2CCS. The van der Waals surface area contributed by atoms with Gasteiger partial charge < -0.3 is 0 Å². The van der Waals surface area contributed by atoms with Crippen LogP contribution in [-0.4, -0.2) is 34.6 Å². The Hall–Kier alpha value is -3.94. The minimum atomic E-state index is -0.0694. The molecule has 0 spiro atoms. The van der Waals surface area contributed by atoms with E-state index in [0.29, 0.717) is 70.9 Å². The Morgan fingerprint density at radius 2 is 0.558 bits per heavy atom. The first-order valence-electron chi connectivity index (χ1n) is 17.9. The van der Waals surface area contributed by atoms with Crippen LogP contribution in [0.1, 0.15) is 54.1 Å². The first-order chi connectivity index (χ1) is 25.4. The number of hydrogen-bond acceptors (Lipinski definition) is 6. The van der Waals surface area contributed by atoms with Gasteiger partial charge in [-0.2, -0.15) is 50.5 Å². The van der Waals surface area contributed by atoms with Gasteiger partial charge in [0.1, 0.15) is 0 Å². The fourth-order valence-electron chi connectivity index (χ4n) is 8.86. The van der Waals surface area contributed by atoms with Crippen molar-refractivity contribution in [3.05, 3.63) is 142 Å². The third-order valence-corrected chi connectivity index (χ3v) is 11.9. The molecule has 1 aliphatic carbocycles. The van der Waals surface area contributed by atoms with Crippen molar-refractivity contribution in [1.82, 2.24) is 0 Å². The summed E-state index contributed by atoms with van der Waals surface area (Å²) in [6.45, 7) is 0. The lowest BCUT2D eigenvalue weighted by atomic mass is 9.71. The van der Waals surface area contributed by atoms with Crippen molar-refractivity contribution in [2.75, 3.05) is 23.0 Å². The van der Waals surface area contributed by atoms with Gasteiger partial charge in [-0.1, -0.05) is 48.5 Å².